The average Bonchev–Trinajstić information content (AvgIpc) is 2.82. The van der Waals surface area contributed by atoms with Gasteiger partial charge in [-0.25, -0.2) is 4.39 Å². The molecule has 3 aromatic rings. The summed E-state index contributed by atoms with van der Waals surface area (Å²) in [5, 5.41) is 3.91. The molecule has 8 heteroatoms. The lowest BCUT2D eigenvalue weighted by atomic mass is 10.0. The van der Waals surface area contributed by atoms with E-state index in [2.05, 4.69) is 5.32 Å². The van der Waals surface area contributed by atoms with Crippen LogP contribution in [0.3, 0.4) is 0 Å². The van der Waals surface area contributed by atoms with E-state index in [4.69, 9.17) is 23.2 Å². The van der Waals surface area contributed by atoms with Crippen molar-refractivity contribution in [2.24, 2.45) is 0 Å². The van der Waals surface area contributed by atoms with Crippen LogP contribution >= 0.6 is 35.0 Å². The van der Waals surface area contributed by atoms with E-state index in [0.717, 1.165) is 11.1 Å². The molecule has 37 heavy (non-hydrogen) atoms. The fourth-order valence-electron chi connectivity index (χ4n) is 3.83. The molecule has 1 N–H and O–H groups in total. The van der Waals surface area contributed by atoms with Crippen LogP contribution in [-0.2, 0) is 28.3 Å². The molecule has 2 amide bonds. The van der Waals surface area contributed by atoms with E-state index in [1.807, 2.05) is 63.2 Å². The van der Waals surface area contributed by atoms with Crippen LogP contribution in [0.25, 0.3) is 0 Å². The summed E-state index contributed by atoms with van der Waals surface area (Å²) in [6, 6.07) is 20.6. The van der Waals surface area contributed by atoms with Gasteiger partial charge in [-0.3, -0.25) is 9.59 Å². The third-order valence-electron chi connectivity index (χ3n) is 5.54. The topological polar surface area (TPSA) is 49.4 Å². The number of rotatable bonds is 10. The van der Waals surface area contributed by atoms with Crippen LogP contribution in [0.4, 0.5) is 4.39 Å². The van der Waals surface area contributed by atoms with E-state index < -0.39 is 17.4 Å². The Balaban J connectivity index is 1.89. The first-order valence-electron chi connectivity index (χ1n) is 11.9. The highest BCUT2D eigenvalue weighted by Crippen LogP contribution is 2.25. The molecule has 0 aliphatic rings. The second-order valence-corrected chi connectivity index (χ2v) is 11.6. The second-order valence-electron chi connectivity index (χ2n) is 9.79. The minimum absolute atomic E-state index is 0.0549. The molecule has 3 rings (SSSR count). The van der Waals surface area contributed by atoms with Crippen molar-refractivity contribution >= 4 is 46.8 Å². The smallest absolute Gasteiger partial charge is 0.243 e. The maximum atomic E-state index is 14.2. The van der Waals surface area contributed by atoms with Gasteiger partial charge in [0.2, 0.25) is 11.8 Å². The average molecular weight is 562 g/mol. The number of thioether (sulfide) groups is 1. The Labute approximate surface area is 232 Å². The van der Waals surface area contributed by atoms with Gasteiger partial charge in [0.05, 0.1) is 5.75 Å². The summed E-state index contributed by atoms with van der Waals surface area (Å²) in [6.07, 6.45) is 0.346. The fraction of sp³-hybridized carbons (Fsp3) is 0.310. The Bertz CT molecular complexity index is 1200. The lowest BCUT2D eigenvalue weighted by Gasteiger charge is -2.34. The summed E-state index contributed by atoms with van der Waals surface area (Å²) >= 11 is 13.6. The van der Waals surface area contributed by atoms with E-state index in [9.17, 15) is 14.0 Å². The number of hydrogen-bond donors (Lipinski definition) is 1. The molecular weight excluding hydrogens is 530 g/mol. The Kier molecular flexibility index (Phi) is 10.4. The zero-order valence-corrected chi connectivity index (χ0v) is 23.5. The quantitative estimate of drug-likeness (QED) is 0.292. The summed E-state index contributed by atoms with van der Waals surface area (Å²) in [7, 11) is 0. The molecule has 0 aliphatic carbocycles. The predicted molar refractivity (Wildman–Crippen MR) is 151 cm³/mol. The Morgan fingerprint density at radius 1 is 0.973 bits per heavy atom. The minimum atomic E-state index is -0.759. The summed E-state index contributed by atoms with van der Waals surface area (Å²) < 4.78 is 14.2. The van der Waals surface area contributed by atoms with Crippen LogP contribution < -0.4 is 5.32 Å². The van der Waals surface area contributed by atoms with Crippen LogP contribution in [-0.4, -0.2) is 34.0 Å². The van der Waals surface area contributed by atoms with Gasteiger partial charge in [-0.15, -0.1) is 11.8 Å². The van der Waals surface area contributed by atoms with Crippen molar-refractivity contribution in [2.75, 3.05) is 5.75 Å². The highest BCUT2D eigenvalue weighted by Gasteiger charge is 2.32. The molecule has 0 heterocycles. The molecule has 0 aromatic heterocycles. The van der Waals surface area contributed by atoms with Gasteiger partial charge in [-0.1, -0.05) is 71.7 Å². The molecule has 1 atom stereocenters. The number of hydrogen-bond acceptors (Lipinski definition) is 3. The van der Waals surface area contributed by atoms with Crippen LogP contribution in [0, 0.1) is 5.82 Å². The molecule has 0 unspecified atom stereocenters. The second kappa shape index (κ2) is 13.3. The van der Waals surface area contributed by atoms with Crippen LogP contribution in [0.1, 0.15) is 37.5 Å². The van der Waals surface area contributed by atoms with Crippen molar-refractivity contribution in [3.05, 3.63) is 105 Å². The summed E-state index contributed by atoms with van der Waals surface area (Å²) in [5.41, 5.74) is 1.62. The number of benzene rings is 3. The normalized spacial score (nSPS) is 12.2. The fourth-order valence-corrected chi connectivity index (χ4v) is 5.29. The van der Waals surface area contributed by atoms with Crippen LogP contribution in [0.5, 0.6) is 0 Å². The Morgan fingerprint density at radius 2 is 1.65 bits per heavy atom. The van der Waals surface area contributed by atoms with Gasteiger partial charge < -0.3 is 10.2 Å². The van der Waals surface area contributed by atoms with E-state index >= 15 is 0 Å². The number of nitrogens with zero attached hydrogens (tertiary/aromatic N) is 1. The molecule has 0 saturated carbocycles. The minimum Gasteiger partial charge on any atom is -0.350 e. The number of amides is 2. The Hall–Kier alpha value is -2.54. The van der Waals surface area contributed by atoms with Crippen molar-refractivity contribution in [2.45, 2.75) is 51.1 Å². The van der Waals surface area contributed by atoms with Gasteiger partial charge in [0.1, 0.15) is 11.9 Å². The number of nitrogens with one attached hydrogen (secondary N) is 1. The third-order valence-corrected chi connectivity index (χ3v) is 7.08. The molecule has 0 spiro atoms. The molecule has 0 radical (unpaired) electrons. The Morgan fingerprint density at radius 3 is 2.30 bits per heavy atom. The molecule has 0 bridgehead atoms. The zero-order valence-electron chi connectivity index (χ0n) is 21.1. The van der Waals surface area contributed by atoms with Crippen LogP contribution in [0.15, 0.2) is 72.8 Å². The summed E-state index contributed by atoms with van der Waals surface area (Å²) in [4.78, 5) is 28.8. The monoisotopic (exact) mass is 560 g/mol. The standard InChI is InChI=1S/C29H31Cl2FN2O2S/c1-29(2,3)33-28(36)26(16-20-9-5-4-6-10-20)34(17-21-11-7-12-22(30)15-21)27(35)19-37-18-23-24(31)13-8-14-25(23)32/h4-15,26H,16-19H2,1-3H3,(H,33,36)/t26-/m1/s1. The SMILES string of the molecule is CC(C)(C)NC(=O)[C@@H](Cc1ccccc1)N(Cc1cccc(Cl)c1)C(=O)CSCc1c(F)cccc1Cl. The van der Waals surface area contributed by atoms with Gasteiger partial charge in [-0.05, 0) is 56.2 Å². The number of carbonyl (C=O) groups excluding carboxylic acids is 2. The predicted octanol–water partition coefficient (Wildman–Crippen LogP) is 6.92. The lowest BCUT2D eigenvalue weighted by molar-refractivity contribution is -0.140. The largest absolute Gasteiger partial charge is 0.350 e. The van der Waals surface area contributed by atoms with Gasteiger partial charge in [-0.2, -0.15) is 0 Å². The van der Waals surface area contributed by atoms with E-state index in [1.165, 1.54) is 17.8 Å². The molecule has 4 nitrogen and oxygen atoms in total. The molecule has 3 aromatic carbocycles. The van der Waals surface area contributed by atoms with Gasteiger partial charge >= 0.3 is 0 Å². The van der Waals surface area contributed by atoms with Crippen molar-refractivity contribution in [1.29, 1.82) is 0 Å². The molecular formula is C29H31Cl2FN2O2S. The first kappa shape index (κ1) is 29.0. The van der Waals surface area contributed by atoms with E-state index in [1.54, 1.807) is 29.2 Å². The zero-order chi connectivity index (χ0) is 27.0. The maximum Gasteiger partial charge on any atom is 0.243 e. The number of carbonyl (C=O) groups is 2. The molecule has 0 aliphatic heterocycles. The third kappa shape index (κ3) is 9.06. The van der Waals surface area contributed by atoms with Gasteiger partial charge in [0.15, 0.2) is 0 Å². The van der Waals surface area contributed by atoms with E-state index in [-0.39, 0.29) is 29.9 Å². The number of halogens is 3. The van der Waals surface area contributed by atoms with Crippen molar-refractivity contribution in [3.8, 4) is 0 Å². The molecule has 0 saturated heterocycles. The highest BCUT2D eigenvalue weighted by molar-refractivity contribution is 7.99. The van der Waals surface area contributed by atoms with Crippen molar-refractivity contribution in [3.63, 3.8) is 0 Å². The highest BCUT2D eigenvalue weighted by atomic mass is 35.5. The lowest BCUT2D eigenvalue weighted by Crippen LogP contribution is -2.54. The van der Waals surface area contributed by atoms with Crippen molar-refractivity contribution < 1.29 is 14.0 Å². The summed E-state index contributed by atoms with van der Waals surface area (Å²) in [5.74, 6) is -0.593. The van der Waals surface area contributed by atoms with Crippen molar-refractivity contribution in [1.82, 2.24) is 10.2 Å². The van der Waals surface area contributed by atoms with Gasteiger partial charge in [0.25, 0.3) is 0 Å². The van der Waals surface area contributed by atoms with Gasteiger partial charge in [0, 0.05) is 39.9 Å². The van der Waals surface area contributed by atoms with Crippen LogP contribution in [0.2, 0.25) is 10.0 Å². The first-order chi connectivity index (χ1) is 17.5. The maximum absolute atomic E-state index is 14.2. The van der Waals surface area contributed by atoms with E-state index in [0.29, 0.717) is 22.0 Å². The molecule has 0 fully saturated rings. The molecule has 196 valence electrons. The summed E-state index contributed by atoms with van der Waals surface area (Å²) in [6.45, 7) is 5.92. The first-order valence-corrected chi connectivity index (χ1v) is 13.8.